The highest BCUT2D eigenvalue weighted by atomic mass is 32.1. The van der Waals surface area contributed by atoms with Gasteiger partial charge in [-0.3, -0.25) is 9.59 Å². The van der Waals surface area contributed by atoms with E-state index in [1.807, 2.05) is 38.3 Å². The number of methoxy groups -OCH3 is 1. The second kappa shape index (κ2) is 11.8. The summed E-state index contributed by atoms with van der Waals surface area (Å²) >= 11 is 1.58. The Labute approximate surface area is 248 Å². The molecule has 216 valence electrons. The number of pyridine rings is 1. The minimum absolute atomic E-state index is 0.0503. The van der Waals surface area contributed by atoms with E-state index >= 15 is 0 Å². The molecule has 0 spiro atoms. The predicted octanol–water partition coefficient (Wildman–Crippen LogP) is 5.44. The Kier molecular flexibility index (Phi) is 8.11. The number of aromatic nitrogens is 1. The highest BCUT2D eigenvalue weighted by Crippen LogP contribution is 2.43. The SMILES string of the molecule is COC(=O)c1nc(C(=O)NC(C)(C)C)ccc1-c1cc2c(cc1C(=O)Nc1ccc(CN)cc1)-c1sccc1CCO2. The van der Waals surface area contributed by atoms with Gasteiger partial charge in [0.1, 0.15) is 11.4 Å². The molecular weight excluding hydrogens is 552 g/mol. The zero-order valence-corrected chi connectivity index (χ0v) is 24.7. The van der Waals surface area contributed by atoms with E-state index in [-0.39, 0.29) is 17.3 Å². The van der Waals surface area contributed by atoms with Crippen LogP contribution in [0.5, 0.6) is 5.75 Å². The fourth-order valence-corrected chi connectivity index (χ4v) is 5.69. The van der Waals surface area contributed by atoms with Crippen LogP contribution in [0.3, 0.4) is 0 Å². The van der Waals surface area contributed by atoms with Crippen LogP contribution < -0.4 is 21.1 Å². The lowest BCUT2D eigenvalue weighted by Gasteiger charge is -2.21. The number of nitrogens with one attached hydrogen (secondary N) is 2. The molecule has 4 aromatic rings. The molecule has 0 saturated carbocycles. The summed E-state index contributed by atoms with van der Waals surface area (Å²) < 4.78 is 11.2. The summed E-state index contributed by atoms with van der Waals surface area (Å²) in [6.07, 6.45) is 0.727. The maximum Gasteiger partial charge on any atom is 0.357 e. The Bertz CT molecular complexity index is 1670. The highest BCUT2D eigenvalue weighted by molar-refractivity contribution is 7.13. The second-order valence-corrected chi connectivity index (χ2v) is 11.8. The number of thiophene rings is 1. The average molecular weight is 585 g/mol. The Morgan fingerprint density at radius 3 is 2.45 bits per heavy atom. The van der Waals surface area contributed by atoms with Crippen molar-refractivity contribution in [2.45, 2.75) is 39.3 Å². The van der Waals surface area contributed by atoms with Crippen molar-refractivity contribution < 1.29 is 23.9 Å². The summed E-state index contributed by atoms with van der Waals surface area (Å²) in [5.41, 5.74) is 9.69. The molecule has 42 heavy (non-hydrogen) atoms. The molecule has 0 saturated heterocycles. The number of esters is 1. The van der Waals surface area contributed by atoms with Crippen molar-refractivity contribution in [3.8, 4) is 27.3 Å². The van der Waals surface area contributed by atoms with Gasteiger partial charge in [0.15, 0.2) is 5.69 Å². The van der Waals surface area contributed by atoms with Crippen molar-refractivity contribution in [2.75, 3.05) is 19.0 Å². The van der Waals surface area contributed by atoms with E-state index in [2.05, 4.69) is 21.7 Å². The molecule has 0 aliphatic carbocycles. The Balaban J connectivity index is 1.67. The summed E-state index contributed by atoms with van der Waals surface area (Å²) in [5.74, 6) is -0.981. The summed E-state index contributed by atoms with van der Waals surface area (Å²) in [5, 5.41) is 7.84. The van der Waals surface area contributed by atoms with Gasteiger partial charge in [0.25, 0.3) is 11.8 Å². The van der Waals surface area contributed by atoms with Crippen molar-refractivity contribution >= 4 is 34.8 Å². The van der Waals surface area contributed by atoms with Gasteiger partial charge in [-0.25, -0.2) is 9.78 Å². The van der Waals surface area contributed by atoms with Crippen LogP contribution >= 0.6 is 11.3 Å². The summed E-state index contributed by atoms with van der Waals surface area (Å²) in [4.78, 5) is 45.2. The largest absolute Gasteiger partial charge is 0.493 e. The number of fused-ring (bicyclic) bond motifs is 3. The molecule has 4 N–H and O–H groups in total. The van der Waals surface area contributed by atoms with E-state index in [1.165, 1.54) is 13.2 Å². The molecule has 2 aromatic carbocycles. The average Bonchev–Trinajstić information content (AvgIpc) is 3.37. The molecule has 2 amide bonds. The monoisotopic (exact) mass is 584 g/mol. The van der Waals surface area contributed by atoms with Crippen LogP contribution in [0.15, 0.2) is 60.0 Å². The minimum atomic E-state index is -0.740. The number of hydrogen-bond acceptors (Lipinski definition) is 8. The van der Waals surface area contributed by atoms with E-state index in [9.17, 15) is 14.4 Å². The number of carbonyl (C=O) groups is 3. The number of amides is 2. The Morgan fingerprint density at radius 1 is 1.00 bits per heavy atom. The normalized spacial score (nSPS) is 12.3. The highest BCUT2D eigenvalue weighted by Gasteiger charge is 2.27. The predicted molar refractivity (Wildman–Crippen MR) is 163 cm³/mol. The van der Waals surface area contributed by atoms with Gasteiger partial charge >= 0.3 is 5.97 Å². The first-order valence-corrected chi connectivity index (χ1v) is 14.4. The molecule has 0 unspecified atom stereocenters. The third-order valence-electron chi connectivity index (χ3n) is 6.72. The van der Waals surface area contributed by atoms with Gasteiger partial charge in [0, 0.05) is 51.3 Å². The molecule has 0 atom stereocenters. The lowest BCUT2D eigenvalue weighted by atomic mass is 9.93. The van der Waals surface area contributed by atoms with Gasteiger partial charge in [0.2, 0.25) is 0 Å². The van der Waals surface area contributed by atoms with Gasteiger partial charge in [-0.1, -0.05) is 12.1 Å². The number of rotatable bonds is 6. The van der Waals surface area contributed by atoms with E-state index in [1.54, 1.807) is 41.7 Å². The van der Waals surface area contributed by atoms with Gasteiger partial charge in [0.05, 0.1) is 13.7 Å². The van der Waals surface area contributed by atoms with Crippen molar-refractivity contribution in [1.82, 2.24) is 10.3 Å². The number of ether oxygens (including phenoxy) is 2. The third kappa shape index (κ3) is 6.05. The van der Waals surface area contributed by atoms with Crippen LogP contribution in [-0.2, 0) is 17.7 Å². The van der Waals surface area contributed by atoms with Gasteiger partial charge < -0.3 is 25.8 Å². The number of anilines is 1. The molecule has 1 aliphatic heterocycles. The lowest BCUT2D eigenvalue weighted by Crippen LogP contribution is -2.41. The summed E-state index contributed by atoms with van der Waals surface area (Å²) in [6, 6.07) is 16.0. The van der Waals surface area contributed by atoms with Crippen molar-refractivity contribution in [3.05, 3.63) is 88.1 Å². The van der Waals surface area contributed by atoms with Crippen molar-refractivity contribution in [1.29, 1.82) is 0 Å². The van der Waals surface area contributed by atoms with Crippen LogP contribution in [0.25, 0.3) is 21.6 Å². The maximum atomic E-state index is 13.9. The number of nitrogens with two attached hydrogens (primary N) is 1. The van der Waals surface area contributed by atoms with Crippen LogP contribution in [0.1, 0.15) is 63.2 Å². The van der Waals surface area contributed by atoms with E-state index in [0.717, 1.165) is 28.0 Å². The van der Waals surface area contributed by atoms with Crippen molar-refractivity contribution in [3.63, 3.8) is 0 Å². The zero-order valence-electron chi connectivity index (χ0n) is 23.9. The first-order chi connectivity index (χ1) is 20.1. The molecule has 9 nitrogen and oxygen atoms in total. The first kappa shape index (κ1) is 29.0. The van der Waals surface area contributed by atoms with Crippen LogP contribution in [-0.4, -0.2) is 42.0 Å². The number of hydrogen-bond donors (Lipinski definition) is 3. The summed E-state index contributed by atoms with van der Waals surface area (Å²) in [7, 11) is 1.24. The topological polar surface area (TPSA) is 133 Å². The van der Waals surface area contributed by atoms with Crippen LogP contribution in [0.4, 0.5) is 5.69 Å². The Hall–Kier alpha value is -4.54. The molecule has 5 rings (SSSR count). The van der Waals surface area contributed by atoms with Gasteiger partial charge in [-0.2, -0.15) is 0 Å². The quantitative estimate of drug-likeness (QED) is 0.257. The van der Waals surface area contributed by atoms with E-state index in [4.69, 9.17) is 15.2 Å². The first-order valence-electron chi connectivity index (χ1n) is 13.5. The van der Waals surface area contributed by atoms with E-state index < -0.39 is 17.4 Å². The smallest absolute Gasteiger partial charge is 0.357 e. The van der Waals surface area contributed by atoms with Gasteiger partial charge in [-0.05, 0) is 79.7 Å². The standard InChI is InChI=1S/C32H32N4O5S/c1-32(2,3)36-30(38)25-10-9-21(27(35-25)31(39)40-4)22-16-26-24(28-19(11-13-41-26)12-14-42-28)15-23(22)29(37)34-20-7-5-18(17-33)6-8-20/h5-10,12,14-16H,11,13,17,33H2,1-4H3,(H,34,37)(H,36,38). The fourth-order valence-electron chi connectivity index (χ4n) is 4.71. The number of carbonyl (C=O) groups excluding carboxylic acids is 3. The minimum Gasteiger partial charge on any atom is -0.493 e. The summed E-state index contributed by atoms with van der Waals surface area (Å²) in [6.45, 7) is 6.40. The third-order valence-corrected chi connectivity index (χ3v) is 7.71. The fraction of sp³-hybridized carbons (Fsp3) is 0.250. The van der Waals surface area contributed by atoms with Crippen molar-refractivity contribution in [2.24, 2.45) is 5.73 Å². The second-order valence-electron chi connectivity index (χ2n) is 10.9. The number of benzene rings is 2. The Morgan fingerprint density at radius 2 is 1.76 bits per heavy atom. The molecule has 3 heterocycles. The molecule has 0 bridgehead atoms. The molecule has 0 fully saturated rings. The maximum absolute atomic E-state index is 13.9. The molecule has 0 radical (unpaired) electrons. The van der Waals surface area contributed by atoms with E-state index in [0.29, 0.717) is 41.3 Å². The lowest BCUT2D eigenvalue weighted by molar-refractivity contribution is 0.0594. The number of nitrogens with zero attached hydrogens (tertiary/aromatic N) is 1. The molecular formula is C32H32N4O5S. The molecule has 1 aliphatic rings. The van der Waals surface area contributed by atoms with Crippen LogP contribution in [0.2, 0.25) is 0 Å². The van der Waals surface area contributed by atoms with Crippen LogP contribution in [0, 0.1) is 0 Å². The molecule has 10 heteroatoms. The molecule has 2 aromatic heterocycles. The van der Waals surface area contributed by atoms with Gasteiger partial charge in [-0.15, -0.1) is 11.3 Å². The zero-order chi connectivity index (χ0) is 30.0.